The first-order chi connectivity index (χ1) is 10.5. The van der Waals surface area contributed by atoms with E-state index in [2.05, 4.69) is 11.9 Å². The zero-order valence-corrected chi connectivity index (χ0v) is 12.8. The molecule has 1 aromatic heterocycles. The van der Waals surface area contributed by atoms with Crippen LogP contribution in [0.3, 0.4) is 0 Å². The molecule has 2 aliphatic rings. The molecule has 1 aliphatic carbocycles. The Kier molecular flexibility index (Phi) is 3.90. The molecule has 2 N–H and O–H groups in total. The number of hydrogen-bond donors (Lipinski definition) is 2. The molecular formula is C15H22N4O3. The van der Waals surface area contributed by atoms with Crippen molar-refractivity contribution in [3.63, 3.8) is 0 Å². The summed E-state index contributed by atoms with van der Waals surface area (Å²) < 4.78 is 1.87. The molecule has 22 heavy (non-hydrogen) atoms. The number of hydrogen-bond acceptors (Lipinski definition) is 4. The van der Waals surface area contributed by atoms with Crippen LogP contribution in [0.1, 0.15) is 55.3 Å². The van der Waals surface area contributed by atoms with Gasteiger partial charge in [0.1, 0.15) is 11.5 Å². The third-order valence-corrected chi connectivity index (χ3v) is 4.90. The third kappa shape index (κ3) is 2.61. The quantitative estimate of drug-likeness (QED) is 0.637. The highest BCUT2D eigenvalue weighted by atomic mass is 16.5. The second-order valence-electron chi connectivity index (χ2n) is 6.52. The van der Waals surface area contributed by atoms with Crippen molar-refractivity contribution in [2.24, 2.45) is 5.41 Å². The summed E-state index contributed by atoms with van der Waals surface area (Å²) in [5, 5.41) is 8.68. The van der Waals surface area contributed by atoms with Crippen LogP contribution in [0.2, 0.25) is 0 Å². The molecule has 0 atom stereocenters. The van der Waals surface area contributed by atoms with Gasteiger partial charge < -0.3 is 9.47 Å². The monoisotopic (exact) mass is 306 g/mol. The van der Waals surface area contributed by atoms with Gasteiger partial charge in [-0.15, -0.1) is 0 Å². The largest absolute Gasteiger partial charge is 0.333 e. The smallest absolute Gasteiger partial charge is 0.294 e. The van der Waals surface area contributed by atoms with Crippen LogP contribution >= 0.6 is 0 Å². The van der Waals surface area contributed by atoms with E-state index < -0.39 is 5.91 Å². The summed E-state index contributed by atoms with van der Waals surface area (Å²) in [6, 6.07) is 0. The van der Waals surface area contributed by atoms with Crippen molar-refractivity contribution in [2.75, 3.05) is 6.54 Å². The molecular weight excluding hydrogens is 284 g/mol. The number of imidazole rings is 1. The first-order valence-corrected chi connectivity index (χ1v) is 7.83. The van der Waals surface area contributed by atoms with Gasteiger partial charge in [0.2, 0.25) is 5.91 Å². The molecule has 1 saturated carbocycles. The number of nitrogens with zero attached hydrogens (tertiary/aromatic N) is 3. The predicted octanol–water partition coefficient (Wildman–Crippen LogP) is 1.31. The van der Waals surface area contributed by atoms with Crippen molar-refractivity contribution >= 4 is 11.8 Å². The van der Waals surface area contributed by atoms with Crippen LogP contribution in [-0.2, 0) is 17.9 Å². The summed E-state index contributed by atoms with van der Waals surface area (Å²) >= 11 is 0. The number of amides is 2. The number of carbonyl (C=O) groups excluding carboxylic acids is 2. The van der Waals surface area contributed by atoms with Gasteiger partial charge in [-0.05, 0) is 12.8 Å². The minimum absolute atomic E-state index is 0.177. The maximum Gasteiger partial charge on any atom is 0.294 e. The number of rotatable bonds is 2. The summed E-state index contributed by atoms with van der Waals surface area (Å²) in [5.41, 5.74) is 1.51. The molecule has 0 spiro atoms. The maximum absolute atomic E-state index is 12.9. The molecule has 7 nitrogen and oxygen atoms in total. The molecule has 0 bridgehead atoms. The van der Waals surface area contributed by atoms with Gasteiger partial charge in [0.25, 0.3) is 5.91 Å². The molecule has 0 unspecified atom stereocenters. The molecule has 120 valence electrons. The van der Waals surface area contributed by atoms with Gasteiger partial charge in [-0.3, -0.25) is 14.8 Å². The molecule has 1 aliphatic heterocycles. The highest BCUT2D eigenvalue weighted by Gasteiger charge is 2.38. The molecule has 2 amide bonds. The van der Waals surface area contributed by atoms with Gasteiger partial charge >= 0.3 is 0 Å². The van der Waals surface area contributed by atoms with Crippen molar-refractivity contribution in [1.29, 1.82) is 0 Å². The number of hydroxylamine groups is 1. The Morgan fingerprint density at radius 3 is 2.68 bits per heavy atom. The number of fused-ring (bicyclic) bond motifs is 1. The Bertz CT molecular complexity index is 590. The van der Waals surface area contributed by atoms with Crippen molar-refractivity contribution in [2.45, 2.75) is 52.1 Å². The van der Waals surface area contributed by atoms with Gasteiger partial charge in [-0.25, -0.2) is 10.5 Å². The van der Waals surface area contributed by atoms with E-state index in [1.165, 1.54) is 6.42 Å². The summed E-state index contributed by atoms with van der Waals surface area (Å²) in [5.74, 6) is 0.270. The van der Waals surface area contributed by atoms with Crippen LogP contribution in [0.5, 0.6) is 0 Å². The van der Waals surface area contributed by atoms with Gasteiger partial charge in [0, 0.05) is 24.7 Å². The van der Waals surface area contributed by atoms with Gasteiger partial charge in [0.15, 0.2) is 0 Å². The van der Waals surface area contributed by atoms with Gasteiger partial charge in [-0.1, -0.05) is 26.2 Å². The predicted molar refractivity (Wildman–Crippen MR) is 78.1 cm³/mol. The second-order valence-corrected chi connectivity index (χ2v) is 6.52. The molecule has 0 saturated heterocycles. The highest BCUT2D eigenvalue weighted by Crippen LogP contribution is 2.38. The summed E-state index contributed by atoms with van der Waals surface area (Å²) in [6.45, 7) is 3.76. The number of aromatic nitrogens is 2. The lowest BCUT2D eigenvalue weighted by molar-refractivity contribution is -0.144. The first kappa shape index (κ1) is 15.0. The summed E-state index contributed by atoms with van der Waals surface area (Å²) in [6.07, 6.45) is 6.97. The molecule has 7 heteroatoms. The van der Waals surface area contributed by atoms with E-state index >= 15 is 0 Å². The molecule has 1 aromatic rings. The SMILES string of the molecule is CC1(C(=O)N2CCn3cc(C(=O)NO)nc3C2)CCCCC1. The van der Waals surface area contributed by atoms with Crippen molar-refractivity contribution in [1.82, 2.24) is 19.9 Å². The Balaban J connectivity index is 1.75. The molecule has 0 aromatic carbocycles. The van der Waals surface area contributed by atoms with Crippen LogP contribution in [0.15, 0.2) is 6.20 Å². The Morgan fingerprint density at radius 1 is 1.27 bits per heavy atom. The Hall–Kier alpha value is -1.89. The third-order valence-electron chi connectivity index (χ3n) is 4.90. The Morgan fingerprint density at radius 2 is 2.00 bits per heavy atom. The van der Waals surface area contributed by atoms with E-state index in [1.54, 1.807) is 11.7 Å². The lowest BCUT2D eigenvalue weighted by Gasteiger charge is -2.38. The minimum Gasteiger partial charge on any atom is -0.333 e. The lowest BCUT2D eigenvalue weighted by Crippen LogP contribution is -2.46. The topological polar surface area (TPSA) is 87.5 Å². The fourth-order valence-electron chi connectivity index (χ4n) is 3.52. The highest BCUT2D eigenvalue weighted by molar-refractivity contribution is 5.91. The zero-order chi connectivity index (χ0) is 15.7. The standard InChI is InChI=1S/C15H22N4O3/c1-15(5-3-2-4-6-15)14(21)19-8-7-18-9-11(13(20)17-22)16-12(18)10-19/h9,22H,2-8,10H2,1H3,(H,17,20). The molecule has 3 rings (SSSR count). The van der Waals surface area contributed by atoms with E-state index in [0.717, 1.165) is 25.7 Å². The van der Waals surface area contributed by atoms with Crippen LogP contribution in [0, 0.1) is 5.41 Å². The van der Waals surface area contributed by atoms with Gasteiger partial charge in [-0.2, -0.15) is 0 Å². The lowest BCUT2D eigenvalue weighted by atomic mass is 9.74. The van der Waals surface area contributed by atoms with Gasteiger partial charge in [0.05, 0.1) is 6.54 Å². The number of nitrogens with one attached hydrogen (secondary N) is 1. The van der Waals surface area contributed by atoms with E-state index in [1.807, 2.05) is 9.47 Å². The van der Waals surface area contributed by atoms with Crippen LogP contribution in [0.25, 0.3) is 0 Å². The van der Waals surface area contributed by atoms with Crippen LogP contribution in [-0.4, -0.2) is 38.0 Å². The second kappa shape index (κ2) is 5.72. The van der Waals surface area contributed by atoms with E-state index in [0.29, 0.717) is 25.5 Å². The summed E-state index contributed by atoms with van der Waals surface area (Å²) in [7, 11) is 0. The van der Waals surface area contributed by atoms with Crippen LogP contribution < -0.4 is 5.48 Å². The minimum atomic E-state index is -0.626. The van der Waals surface area contributed by atoms with E-state index in [4.69, 9.17) is 5.21 Å². The Labute approximate surface area is 129 Å². The average Bonchev–Trinajstić information content (AvgIpc) is 2.97. The normalized spacial score (nSPS) is 20.4. The van der Waals surface area contributed by atoms with Crippen LogP contribution in [0.4, 0.5) is 0 Å². The fourth-order valence-corrected chi connectivity index (χ4v) is 3.52. The maximum atomic E-state index is 12.9. The molecule has 1 fully saturated rings. The van der Waals surface area contributed by atoms with E-state index in [-0.39, 0.29) is 17.0 Å². The molecule has 2 heterocycles. The average molecular weight is 306 g/mol. The van der Waals surface area contributed by atoms with Crippen molar-refractivity contribution < 1.29 is 14.8 Å². The van der Waals surface area contributed by atoms with E-state index in [9.17, 15) is 9.59 Å². The first-order valence-electron chi connectivity index (χ1n) is 7.83. The number of carbonyl (C=O) groups is 2. The summed E-state index contributed by atoms with van der Waals surface area (Å²) in [4.78, 5) is 30.4. The molecule has 0 radical (unpaired) electrons. The zero-order valence-electron chi connectivity index (χ0n) is 12.8. The van der Waals surface area contributed by atoms with Crippen molar-refractivity contribution in [3.05, 3.63) is 17.7 Å². The van der Waals surface area contributed by atoms with Crippen molar-refractivity contribution in [3.8, 4) is 0 Å². The fraction of sp³-hybridized carbons (Fsp3) is 0.667.